The van der Waals surface area contributed by atoms with Gasteiger partial charge in [-0.15, -0.1) is 5.10 Å². The average Bonchev–Trinajstić information content (AvgIpc) is 2.93. The highest BCUT2D eigenvalue weighted by molar-refractivity contribution is 5.12. The Kier molecular flexibility index (Phi) is 3.99. The van der Waals surface area contributed by atoms with E-state index in [0.29, 0.717) is 18.7 Å². The number of ether oxygens (including phenoxy) is 1. The van der Waals surface area contributed by atoms with Gasteiger partial charge in [0.15, 0.2) is 0 Å². The van der Waals surface area contributed by atoms with Crippen LogP contribution in [0.5, 0.6) is 6.01 Å². The fraction of sp³-hybridized carbons (Fsp3) is 0.500. The van der Waals surface area contributed by atoms with E-state index in [2.05, 4.69) is 29.2 Å². The number of nitrogens with one attached hydrogen (secondary N) is 1. The predicted octanol–water partition coefficient (Wildman–Crippen LogP) is 1.49. The van der Waals surface area contributed by atoms with Crippen LogP contribution in [0.25, 0.3) is 0 Å². The van der Waals surface area contributed by atoms with Gasteiger partial charge in [0.1, 0.15) is 18.7 Å². The molecule has 0 fully saturated rings. The first-order valence-corrected chi connectivity index (χ1v) is 5.91. The van der Waals surface area contributed by atoms with Crippen molar-refractivity contribution in [2.24, 2.45) is 7.05 Å². The third-order valence-electron chi connectivity index (χ3n) is 2.34. The molecule has 0 aliphatic heterocycles. The Balaban J connectivity index is 1.83. The molecular formula is C12H18N4O2. The van der Waals surface area contributed by atoms with Crippen LogP contribution in [0, 0.1) is 0 Å². The summed E-state index contributed by atoms with van der Waals surface area (Å²) < 4.78 is 12.4. The molecular weight excluding hydrogens is 232 g/mol. The van der Waals surface area contributed by atoms with E-state index in [4.69, 9.17) is 9.15 Å². The zero-order valence-corrected chi connectivity index (χ0v) is 10.9. The van der Waals surface area contributed by atoms with Crippen molar-refractivity contribution in [1.82, 2.24) is 20.1 Å². The Hall–Kier alpha value is -1.82. The van der Waals surface area contributed by atoms with Crippen LogP contribution in [0.4, 0.5) is 0 Å². The number of furan rings is 1. The van der Waals surface area contributed by atoms with Crippen LogP contribution < -0.4 is 10.1 Å². The third-order valence-corrected chi connectivity index (χ3v) is 2.34. The van der Waals surface area contributed by atoms with Gasteiger partial charge >= 0.3 is 6.01 Å². The summed E-state index contributed by atoms with van der Waals surface area (Å²) >= 11 is 0. The highest BCUT2D eigenvalue weighted by Crippen LogP contribution is 2.10. The van der Waals surface area contributed by atoms with E-state index in [1.807, 2.05) is 6.07 Å². The number of hydrogen-bond acceptors (Lipinski definition) is 5. The molecule has 6 nitrogen and oxygen atoms in total. The number of nitrogens with zero attached hydrogens (tertiary/aromatic N) is 3. The molecule has 18 heavy (non-hydrogen) atoms. The maximum atomic E-state index is 5.40. The Morgan fingerprint density at radius 2 is 2.33 bits per heavy atom. The van der Waals surface area contributed by atoms with E-state index in [9.17, 15) is 0 Å². The molecule has 0 aliphatic rings. The van der Waals surface area contributed by atoms with E-state index >= 15 is 0 Å². The van der Waals surface area contributed by atoms with Gasteiger partial charge in [0.25, 0.3) is 0 Å². The summed E-state index contributed by atoms with van der Waals surface area (Å²) in [4.78, 5) is 3.97. The molecule has 0 aromatic carbocycles. The molecule has 1 N–H and O–H groups in total. The molecule has 0 saturated heterocycles. The first-order chi connectivity index (χ1) is 8.63. The summed E-state index contributed by atoms with van der Waals surface area (Å²) in [5, 5.41) is 7.34. The summed E-state index contributed by atoms with van der Waals surface area (Å²) in [7, 11) is 1.79. The first kappa shape index (κ1) is 12.6. The van der Waals surface area contributed by atoms with Gasteiger partial charge in [-0.1, -0.05) is 13.8 Å². The fourth-order valence-electron chi connectivity index (χ4n) is 1.44. The average molecular weight is 250 g/mol. The van der Waals surface area contributed by atoms with Crippen molar-refractivity contribution < 1.29 is 9.15 Å². The second-order valence-electron chi connectivity index (χ2n) is 4.45. The lowest BCUT2D eigenvalue weighted by molar-refractivity contribution is 0.249. The second kappa shape index (κ2) is 5.68. The maximum Gasteiger partial charge on any atom is 0.335 e. The van der Waals surface area contributed by atoms with Crippen molar-refractivity contribution in [2.45, 2.75) is 33.0 Å². The number of rotatable bonds is 6. The third kappa shape index (κ3) is 3.59. The van der Waals surface area contributed by atoms with Crippen molar-refractivity contribution in [3.63, 3.8) is 0 Å². The SMILES string of the molecule is CC(C)NCc1coc(COc2ncn(C)n2)c1. The molecule has 2 heterocycles. The van der Waals surface area contributed by atoms with E-state index < -0.39 is 0 Å². The lowest BCUT2D eigenvalue weighted by Gasteiger charge is -2.04. The molecule has 98 valence electrons. The topological polar surface area (TPSA) is 65.1 Å². The summed E-state index contributed by atoms with van der Waals surface area (Å²) in [6.07, 6.45) is 3.33. The molecule has 0 atom stereocenters. The summed E-state index contributed by atoms with van der Waals surface area (Å²) in [5.41, 5.74) is 1.11. The minimum Gasteiger partial charge on any atom is -0.465 e. The Morgan fingerprint density at radius 3 is 3.00 bits per heavy atom. The number of aryl methyl sites for hydroxylation is 1. The maximum absolute atomic E-state index is 5.40. The molecule has 2 aromatic heterocycles. The molecule has 0 saturated carbocycles. The minimum absolute atomic E-state index is 0.339. The van der Waals surface area contributed by atoms with Gasteiger partial charge in [-0.05, 0) is 6.07 Å². The Bertz CT molecular complexity index is 490. The molecule has 0 amide bonds. The number of aromatic nitrogens is 3. The molecule has 0 unspecified atom stereocenters. The normalized spacial score (nSPS) is 11.1. The summed E-state index contributed by atoms with van der Waals surface area (Å²) in [6.45, 7) is 5.35. The molecule has 0 aliphatic carbocycles. The van der Waals surface area contributed by atoms with Gasteiger partial charge in [0, 0.05) is 25.2 Å². The molecule has 0 bridgehead atoms. The minimum atomic E-state index is 0.339. The lowest BCUT2D eigenvalue weighted by Crippen LogP contribution is -2.21. The zero-order chi connectivity index (χ0) is 13.0. The molecule has 6 heteroatoms. The van der Waals surface area contributed by atoms with E-state index in [-0.39, 0.29) is 0 Å². The summed E-state index contributed by atoms with van der Waals surface area (Å²) in [5.74, 6) is 0.767. The standard InChI is InChI=1S/C12H18N4O2/c1-9(2)13-5-10-4-11(17-6-10)7-18-12-14-8-16(3)15-12/h4,6,8-9,13H,5,7H2,1-3H3. The van der Waals surface area contributed by atoms with E-state index in [1.54, 1.807) is 24.3 Å². The Labute approximate surface area is 106 Å². The first-order valence-electron chi connectivity index (χ1n) is 5.91. The predicted molar refractivity (Wildman–Crippen MR) is 66.0 cm³/mol. The van der Waals surface area contributed by atoms with Crippen LogP contribution in [-0.4, -0.2) is 20.8 Å². The monoisotopic (exact) mass is 250 g/mol. The molecule has 2 rings (SSSR count). The van der Waals surface area contributed by atoms with Crippen LogP contribution in [-0.2, 0) is 20.2 Å². The van der Waals surface area contributed by atoms with Gasteiger partial charge < -0.3 is 14.5 Å². The van der Waals surface area contributed by atoms with E-state index in [1.165, 1.54) is 0 Å². The second-order valence-corrected chi connectivity index (χ2v) is 4.45. The van der Waals surface area contributed by atoms with Crippen LogP contribution in [0.15, 0.2) is 23.1 Å². The van der Waals surface area contributed by atoms with Crippen LogP contribution in [0.2, 0.25) is 0 Å². The summed E-state index contributed by atoms with van der Waals surface area (Å²) in [6, 6.07) is 2.78. The largest absolute Gasteiger partial charge is 0.465 e. The molecule has 2 aromatic rings. The van der Waals surface area contributed by atoms with Crippen LogP contribution >= 0.6 is 0 Å². The van der Waals surface area contributed by atoms with Crippen molar-refractivity contribution in [2.75, 3.05) is 0 Å². The smallest absolute Gasteiger partial charge is 0.335 e. The van der Waals surface area contributed by atoms with Gasteiger partial charge in [0.05, 0.1) is 6.26 Å². The van der Waals surface area contributed by atoms with Crippen molar-refractivity contribution in [3.8, 4) is 6.01 Å². The van der Waals surface area contributed by atoms with Crippen molar-refractivity contribution in [1.29, 1.82) is 0 Å². The van der Waals surface area contributed by atoms with E-state index in [0.717, 1.165) is 17.9 Å². The lowest BCUT2D eigenvalue weighted by atomic mass is 10.3. The highest BCUT2D eigenvalue weighted by atomic mass is 16.5. The highest BCUT2D eigenvalue weighted by Gasteiger charge is 2.05. The van der Waals surface area contributed by atoms with Gasteiger partial charge in [0.2, 0.25) is 0 Å². The van der Waals surface area contributed by atoms with Gasteiger partial charge in [-0.2, -0.15) is 4.98 Å². The number of hydrogen-bond donors (Lipinski definition) is 1. The fourth-order valence-corrected chi connectivity index (χ4v) is 1.44. The van der Waals surface area contributed by atoms with Crippen LogP contribution in [0.3, 0.4) is 0 Å². The van der Waals surface area contributed by atoms with Gasteiger partial charge in [-0.25, -0.2) is 0 Å². The van der Waals surface area contributed by atoms with Crippen molar-refractivity contribution >= 4 is 0 Å². The molecule has 0 spiro atoms. The quantitative estimate of drug-likeness (QED) is 0.841. The molecule has 0 radical (unpaired) electrons. The van der Waals surface area contributed by atoms with Crippen LogP contribution in [0.1, 0.15) is 25.2 Å². The Morgan fingerprint density at radius 1 is 1.50 bits per heavy atom. The van der Waals surface area contributed by atoms with Gasteiger partial charge in [-0.3, -0.25) is 4.68 Å². The van der Waals surface area contributed by atoms with Crippen molar-refractivity contribution in [3.05, 3.63) is 30.0 Å². The zero-order valence-electron chi connectivity index (χ0n) is 10.9.